The van der Waals surface area contributed by atoms with Crippen molar-refractivity contribution in [3.8, 4) is 11.5 Å². The molecule has 1 spiro atoms. The van der Waals surface area contributed by atoms with E-state index >= 15 is 0 Å². The van der Waals surface area contributed by atoms with Gasteiger partial charge < -0.3 is 19.2 Å². The van der Waals surface area contributed by atoms with Crippen molar-refractivity contribution in [1.29, 1.82) is 0 Å². The Morgan fingerprint density at radius 1 is 1.11 bits per heavy atom. The molecule has 1 atom stereocenters. The number of amides is 1. The molecule has 0 bridgehead atoms. The topological polar surface area (TPSA) is 99.4 Å². The molecule has 1 aromatic carbocycles. The molecule has 0 radical (unpaired) electrons. The van der Waals surface area contributed by atoms with Crippen LogP contribution in [0.25, 0.3) is 33.3 Å². The number of halogens is 2. The van der Waals surface area contributed by atoms with E-state index < -0.39 is 6.43 Å². The minimum atomic E-state index is -2.78. The van der Waals surface area contributed by atoms with E-state index in [0.29, 0.717) is 47.7 Å². The van der Waals surface area contributed by atoms with Gasteiger partial charge in [0.2, 0.25) is 11.8 Å². The van der Waals surface area contributed by atoms with Gasteiger partial charge in [0.25, 0.3) is 6.43 Å². The fourth-order valence-electron chi connectivity index (χ4n) is 5.04. The van der Waals surface area contributed by atoms with Crippen molar-refractivity contribution in [3.63, 3.8) is 0 Å². The highest BCUT2D eigenvalue weighted by Gasteiger charge is 2.47. The van der Waals surface area contributed by atoms with Crippen molar-refractivity contribution in [1.82, 2.24) is 15.0 Å². The highest BCUT2D eigenvalue weighted by atomic mass is 19.3. The van der Waals surface area contributed by atoms with Crippen LogP contribution < -0.4 is 5.32 Å². The van der Waals surface area contributed by atoms with E-state index in [1.165, 1.54) is 12.4 Å². The zero-order valence-corrected chi connectivity index (χ0v) is 19.2. The molecule has 36 heavy (non-hydrogen) atoms. The molecule has 8 nitrogen and oxygen atoms in total. The Labute approximate surface area is 204 Å². The van der Waals surface area contributed by atoms with E-state index in [9.17, 15) is 13.6 Å². The van der Waals surface area contributed by atoms with Gasteiger partial charge in [-0.1, -0.05) is 6.07 Å². The zero-order valence-electron chi connectivity index (χ0n) is 19.2. The third-order valence-corrected chi connectivity index (χ3v) is 7.26. The summed E-state index contributed by atoms with van der Waals surface area (Å²) in [6.07, 6.45) is 2.46. The molecule has 1 N–H and O–H groups in total. The normalized spacial score (nSPS) is 20.9. The number of fused-ring (bicyclic) bond motifs is 2. The summed E-state index contributed by atoms with van der Waals surface area (Å²) in [6.45, 7) is 1.89. The lowest BCUT2D eigenvalue weighted by Crippen LogP contribution is -2.48. The summed E-state index contributed by atoms with van der Waals surface area (Å²) in [5.74, 6) is 0.666. The van der Waals surface area contributed by atoms with E-state index in [1.807, 2.05) is 18.2 Å². The smallest absolute Gasteiger partial charge is 0.281 e. The number of oxazole rings is 1. The van der Waals surface area contributed by atoms with Gasteiger partial charge >= 0.3 is 0 Å². The molecule has 3 fully saturated rings. The number of nitrogens with one attached hydrogen (secondary N) is 1. The molecule has 1 unspecified atom stereocenters. The standard InChI is InChI=1S/C26H22F2N4O4/c27-23(28)22-17-8-29-21(32-24(33)13-1-2-13)6-16(17)18(9-30-22)25-31-19-5-14(3-4-20(19)36-25)15-7-26(35-10-15)11-34-12-26/h3-6,8-9,13,15,23H,1-2,7,10-12H2,(H,29,32,33). The van der Waals surface area contributed by atoms with Gasteiger partial charge in [-0.25, -0.2) is 18.7 Å². The summed E-state index contributed by atoms with van der Waals surface area (Å²) >= 11 is 0. The second-order valence-electron chi connectivity index (χ2n) is 9.87. The van der Waals surface area contributed by atoms with Gasteiger partial charge in [0, 0.05) is 35.0 Å². The van der Waals surface area contributed by atoms with Gasteiger partial charge in [-0.2, -0.15) is 0 Å². The van der Waals surface area contributed by atoms with Crippen LogP contribution in [0.1, 0.15) is 42.9 Å². The van der Waals surface area contributed by atoms with E-state index in [2.05, 4.69) is 20.3 Å². The molecule has 7 rings (SSSR count). The van der Waals surface area contributed by atoms with Crippen LogP contribution in [0, 0.1) is 5.92 Å². The molecule has 2 saturated heterocycles. The average molecular weight is 492 g/mol. The molecule has 2 aliphatic heterocycles. The van der Waals surface area contributed by atoms with E-state index in [0.717, 1.165) is 24.8 Å². The Morgan fingerprint density at radius 2 is 1.97 bits per heavy atom. The number of aromatic nitrogens is 3. The monoisotopic (exact) mass is 492 g/mol. The number of hydrogen-bond acceptors (Lipinski definition) is 7. The van der Waals surface area contributed by atoms with Crippen LogP contribution in [0.2, 0.25) is 0 Å². The predicted octanol–water partition coefficient (Wildman–Crippen LogP) is 5.00. The maximum atomic E-state index is 13.7. The zero-order chi connectivity index (χ0) is 24.4. The van der Waals surface area contributed by atoms with Gasteiger partial charge in [-0.15, -0.1) is 0 Å². The number of rotatable bonds is 5. The summed E-state index contributed by atoms with van der Waals surface area (Å²) in [4.78, 5) is 25.1. The third-order valence-electron chi connectivity index (χ3n) is 7.26. The Balaban J connectivity index is 1.27. The SMILES string of the molecule is O=C(Nc1cc2c(-c3nc4cc(C5COC6(COC6)C5)ccc4o3)cnc(C(F)F)c2cn1)C1CC1. The molecule has 3 aromatic heterocycles. The van der Waals surface area contributed by atoms with Gasteiger partial charge in [0.1, 0.15) is 22.6 Å². The van der Waals surface area contributed by atoms with E-state index in [1.54, 1.807) is 6.07 Å². The fraction of sp³-hybridized carbons (Fsp3) is 0.385. The van der Waals surface area contributed by atoms with Crippen LogP contribution in [-0.2, 0) is 14.3 Å². The van der Waals surface area contributed by atoms with Gasteiger partial charge in [0.05, 0.1) is 25.4 Å². The highest BCUT2D eigenvalue weighted by molar-refractivity contribution is 6.00. The fourth-order valence-corrected chi connectivity index (χ4v) is 5.04. The van der Waals surface area contributed by atoms with Crippen LogP contribution in [0.5, 0.6) is 0 Å². The first-order valence-corrected chi connectivity index (χ1v) is 12.0. The second-order valence-corrected chi connectivity index (χ2v) is 9.87. The number of carbonyl (C=O) groups excluding carboxylic acids is 1. The lowest BCUT2D eigenvalue weighted by molar-refractivity contribution is -0.184. The summed E-state index contributed by atoms with van der Waals surface area (Å²) in [6, 6.07) is 7.45. The Kier molecular flexibility index (Phi) is 4.84. The quantitative estimate of drug-likeness (QED) is 0.419. The van der Waals surface area contributed by atoms with Gasteiger partial charge in [0.15, 0.2) is 5.58 Å². The van der Waals surface area contributed by atoms with Crippen molar-refractivity contribution >= 4 is 33.6 Å². The van der Waals surface area contributed by atoms with Crippen LogP contribution in [0.15, 0.2) is 41.1 Å². The van der Waals surface area contributed by atoms with Crippen molar-refractivity contribution in [2.24, 2.45) is 5.92 Å². The molecule has 1 aliphatic carbocycles. The molecule has 1 amide bonds. The minimum Gasteiger partial charge on any atom is -0.436 e. The number of alkyl halides is 2. The van der Waals surface area contributed by atoms with Crippen molar-refractivity contribution in [2.45, 2.75) is 37.2 Å². The molecule has 184 valence electrons. The summed E-state index contributed by atoms with van der Waals surface area (Å²) in [5, 5.41) is 3.40. The summed E-state index contributed by atoms with van der Waals surface area (Å²) in [7, 11) is 0. The molecular weight excluding hydrogens is 470 g/mol. The number of pyridine rings is 2. The Hall–Kier alpha value is -3.50. The van der Waals surface area contributed by atoms with Crippen LogP contribution in [0.4, 0.5) is 14.6 Å². The first-order chi connectivity index (χ1) is 17.5. The average Bonchev–Trinajstić information content (AvgIpc) is 3.46. The summed E-state index contributed by atoms with van der Waals surface area (Å²) in [5.41, 5.74) is 2.26. The van der Waals surface area contributed by atoms with Crippen LogP contribution >= 0.6 is 0 Å². The van der Waals surface area contributed by atoms with Crippen molar-refractivity contribution in [3.05, 3.63) is 47.9 Å². The van der Waals surface area contributed by atoms with Gasteiger partial charge in [-0.05, 0) is 43.0 Å². The Bertz CT molecular complexity index is 1510. The third kappa shape index (κ3) is 3.63. The molecule has 10 heteroatoms. The lowest BCUT2D eigenvalue weighted by Gasteiger charge is -2.36. The molecule has 3 aliphatic rings. The van der Waals surface area contributed by atoms with Crippen molar-refractivity contribution in [2.75, 3.05) is 25.1 Å². The maximum absolute atomic E-state index is 13.7. The number of nitrogens with zero attached hydrogens (tertiary/aromatic N) is 3. The molecule has 4 aromatic rings. The molecular formula is C26H22F2N4O4. The minimum absolute atomic E-state index is 0.0146. The number of hydrogen-bond donors (Lipinski definition) is 1. The summed E-state index contributed by atoms with van der Waals surface area (Å²) < 4.78 is 44.7. The predicted molar refractivity (Wildman–Crippen MR) is 126 cm³/mol. The number of carbonyl (C=O) groups is 1. The number of anilines is 1. The number of benzene rings is 1. The first kappa shape index (κ1) is 21.8. The number of ether oxygens (including phenoxy) is 2. The largest absolute Gasteiger partial charge is 0.436 e. The van der Waals surface area contributed by atoms with E-state index in [-0.39, 0.29) is 40.3 Å². The van der Waals surface area contributed by atoms with Gasteiger partial charge in [-0.3, -0.25) is 9.78 Å². The first-order valence-electron chi connectivity index (χ1n) is 12.0. The lowest BCUT2D eigenvalue weighted by atomic mass is 9.88. The highest BCUT2D eigenvalue weighted by Crippen LogP contribution is 2.42. The van der Waals surface area contributed by atoms with Crippen LogP contribution in [0.3, 0.4) is 0 Å². The second kappa shape index (κ2) is 8.01. The molecule has 1 saturated carbocycles. The van der Waals surface area contributed by atoms with Crippen molar-refractivity contribution < 1.29 is 27.5 Å². The molecule has 5 heterocycles. The van der Waals surface area contributed by atoms with E-state index in [4.69, 9.17) is 13.9 Å². The maximum Gasteiger partial charge on any atom is 0.281 e. The van der Waals surface area contributed by atoms with Crippen LogP contribution in [-0.4, -0.2) is 46.3 Å². The Morgan fingerprint density at radius 3 is 2.69 bits per heavy atom.